The van der Waals surface area contributed by atoms with Crippen molar-refractivity contribution >= 4 is 0 Å². The number of likely N-dealkylation sites (tertiary alicyclic amines) is 1. The molecule has 1 N–H and O–H groups in total. The van der Waals surface area contributed by atoms with E-state index >= 15 is 0 Å². The van der Waals surface area contributed by atoms with Gasteiger partial charge in [-0.05, 0) is 63.6 Å². The fourth-order valence-corrected chi connectivity index (χ4v) is 4.23. The lowest BCUT2D eigenvalue weighted by molar-refractivity contribution is 0.0972. The minimum atomic E-state index is 0.788. The monoisotopic (exact) mass is 236 g/mol. The Morgan fingerprint density at radius 2 is 1.71 bits per heavy atom. The van der Waals surface area contributed by atoms with Crippen LogP contribution in [0, 0.1) is 5.41 Å². The van der Waals surface area contributed by atoms with E-state index in [1.807, 2.05) is 0 Å². The van der Waals surface area contributed by atoms with E-state index in [2.05, 4.69) is 10.2 Å². The molecule has 0 aromatic carbocycles. The standard InChI is InChI=1S/C15H28N2/c1-4-10-16-14(5-1)13-17-11-8-15(9-12-17)6-2-3-7-15/h14,16H,1-13H2. The SMILES string of the molecule is C1CCC(CN2CCC3(CCCC3)CC2)NC1. The molecule has 2 heteroatoms. The molecule has 2 saturated heterocycles. The molecule has 98 valence electrons. The Morgan fingerprint density at radius 1 is 0.941 bits per heavy atom. The quantitative estimate of drug-likeness (QED) is 0.793. The number of rotatable bonds is 2. The Kier molecular flexibility index (Phi) is 3.72. The van der Waals surface area contributed by atoms with Gasteiger partial charge in [0, 0.05) is 12.6 Å². The first-order chi connectivity index (χ1) is 8.36. The maximum Gasteiger partial charge on any atom is 0.0195 e. The van der Waals surface area contributed by atoms with E-state index in [0.29, 0.717) is 0 Å². The van der Waals surface area contributed by atoms with Crippen molar-refractivity contribution in [2.24, 2.45) is 5.41 Å². The van der Waals surface area contributed by atoms with Crippen molar-refractivity contribution in [2.45, 2.75) is 63.8 Å². The number of nitrogens with one attached hydrogen (secondary N) is 1. The maximum absolute atomic E-state index is 3.69. The van der Waals surface area contributed by atoms with E-state index in [1.54, 1.807) is 0 Å². The Balaban J connectivity index is 1.44. The van der Waals surface area contributed by atoms with Crippen molar-refractivity contribution in [3.63, 3.8) is 0 Å². The first kappa shape index (κ1) is 12.0. The molecule has 1 spiro atoms. The summed E-state index contributed by atoms with van der Waals surface area (Å²) in [7, 11) is 0. The van der Waals surface area contributed by atoms with Crippen LogP contribution in [0.15, 0.2) is 0 Å². The molecule has 0 radical (unpaired) electrons. The Morgan fingerprint density at radius 3 is 2.35 bits per heavy atom. The molecule has 3 aliphatic rings. The normalized spacial score (nSPS) is 34.2. The lowest BCUT2D eigenvalue weighted by Crippen LogP contribution is -2.47. The molecule has 0 bridgehead atoms. The molecule has 3 rings (SSSR count). The fourth-order valence-electron chi connectivity index (χ4n) is 4.23. The summed E-state index contributed by atoms with van der Waals surface area (Å²) in [5, 5.41) is 3.69. The van der Waals surface area contributed by atoms with E-state index < -0.39 is 0 Å². The molecule has 1 unspecified atom stereocenters. The molecule has 2 nitrogen and oxygen atoms in total. The van der Waals surface area contributed by atoms with Crippen molar-refractivity contribution < 1.29 is 0 Å². The third-order valence-electron chi connectivity index (χ3n) is 5.47. The van der Waals surface area contributed by atoms with Gasteiger partial charge in [0.05, 0.1) is 0 Å². The minimum absolute atomic E-state index is 0.788. The van der Waals surface area contributed by atoms with E-state index in [9.17, 15) is 0 Å². The molecule has 1 atom stereocenters. The molecule has 1 saturated carbocycles. The van der Waals surface area contributed by atoms with Gasteiger partial charge in [-0.2, -0.15) is 0 Å². The van der Waals surface area contributed by atoms with Crippen molar-refractivity contribution in [1.29, 1.82) is 0 Å². The topological polar surface area (TPSA) is 15.3 Å². The molecule has 0 aromatic heterocycles. The highest BCUT2D eigenvalue weighted by molar-refractivity contribution is 4.90. The summed E-state index contributed by atoms with van der Waals surface area (Å²) in [6.07, 6.45) is 13.3. The predicted octanol–water partition coefficient (Wildman–Crippen LogP) is 2.78. The summed E-state index contributed by atoms with van der Waals surface area (Å²) in [6.45, 7) is 5.31. The van der Waals surface area contributed by atoms with Crippen LogP contribution in [0.5, 0.6) is 0 Å². The lowest BCUT2D eigenvalue weighted by Gasteiger charge is -2.41. The van der Waals surface area contributed by atoms with Gasteiger partial charge in [-0.25, -0.2) is 0 Å². The fraction of sp³-hybridized carbons (Fsp3) is 1.00. The summed E-state index contributed by atoms with van der Waals surface area (Å²) in [6, 6.07) is 0.793. The van der Waals surface area contributed by atoms with Gasteiger partial charge in [-0.3, -0.25) is 0 Å². The van der Waals surface area contributed by atoms with Gasteiger partial charge in [0.25, 0.3) is 0 Å². The van der Waals surface area contributed by atoms with E-state index in [-0.39, 0.29) is 0 Å². The first-order valence-corrected chi connectivity index (χ1v) is 7.82. The zero-order valence-electron chi connectivity index (χ0n) is 11.2. The molecule has 2 heterocycles. The Bertz CT molecular complexity index is 229. The zero-order chi connectivity index (χ0) is 11.6. The molecule has 0 aromatic rings. The first-order valence-electron chi connectivity index (χ1n) is 7.82. The summed E-state index contributed by atoms with van der Waals surface area (Å²) < 4.78 is 0. The van der Waals surface area contributed by atoms with Gasteiger partial charge in [0.15, 0.2) is 0 Å². The zero-order valence-corrected chi connectivity index (χ0v) is 11.2. The second-order valence-electron chi connectivity index (χ2n) is 6.65. The van der Waals surface area contributed by atoms with Crippen molar-refractivity contribution in [2.75, 3.05) is 26.2 Å². The van der Waals surface area contributed by atoms with Crippen LogP contribution in [-0.2, 0) is 0 Å². The maximum atomic E-state index is 3.69. The summed E-state index contributed by atoms with van der Waals surface area (Å²) in [5.41, 5.74) is 0.788. The number of hydrogen-bond donors (Lipinski definition) is 1. The molecule has 2 aliphatic heterocycles. The summed E-state index contributed by atoms with van der Waals surface area (Å²) in [5.74, 6) is 0. The van der Waals surface area contributed by atoms with Crippen LogP contribution < -0.4 is 5.32 Å². The van der Waals surface area contributed by atoms with Crippen LogP contribution in [0.3, 0.4) is 0 Å². The van der Waals surface area contributed by atoms with Crippen LogP contribution in [0.2, 0.25) is 0 Å². The average Bonchev–Trinajstić information content (AvgIpc) is 2.83. The summed E-state index contributed by atoms with van der Waals surface area (Å²) in [4.78, 5) is 2.73. The molecular formula is C15H28N2. The third-order valence-corrected chi connectivity index (χ3v) is 5.47. The van der Waals surface area contributed by atoms with Crippen LogP contribution in [-0.4, -0.2) is 37.1 Å². The van der Waals surface area contributed by atoms with Crippen LogP contribution >= 0.6 is 0 Å². The molecule has 1 aliphatic carbocycles. The smallest absolute Gasteiger partial charge is 0.0195 e. The van der Waals surface area contributed by atoms with Crippen molar-refractivity contribution in [3.8, 4) is 0 Å². The van der Waals surface area contributed by atoms with Crippen LogP contribution in [0.4, 0.5) is 0 Å². The second kappa shape index (κ2) is 5.27. The average molecular weight is 236 g/mol. The van der Waals surface area contributed by atoms with Gasteiger partial charge in [0.1, 0.15) is 0 Å². The third kappa shape index (κ3) is 2.85. The van der Waals surface area contributed by atoms with Crippen LogP contribution in [0.25, 0.3) is 0 Å². The highest BCUT2D eigenvalue weighted by Gasteiger charge is 2.37. The van der Waals surface area contributed by atoms with E-state index in [0.717, 1.165) is 11.5 Å². The van der Waals surface area contributed by atoms with Crippen LogP contribution in [0.1, 0.15) is 57.8 Å². The molecular weight excluding hydrogens is 208 g/mol. The van der Waals surface area contributed by atoms with Crippen molar-refractivity contribution in [1.82, 2.24) is 10.2 Å². The van der Waals surface area contributed by atoms with Gasteiger partial charge < -0.3 is 10.2 Å². The van der Waals surface area contributed by atoms with E-state index in [4.69, 9.17) is 0 Å². The second-order valence-corrected chi connectivity index (χ2v) is 6.65. The molecule has 0 amide bonds. The Hall–Kier alpha value is -0.0800. The largest absolute Gasteiger partial charge is 0.313 e. The van der Waals surface area contributed by atoms with Gasteiger partial charge >= 0.3 is 0 Å². The number of nitrogens with zero attached hydrogens (tertiary/aromatic N) is 1. The Labute approximate surface area is 106 Å². The predicted molar refractivity (Wildman–Crippen MR) is 72.2 cm³/mol. The minimum Gasteiger partial charge on any atom is -0.313 e. The summed E-state index contributed by atoms with van der Waals surface area (Å²) >= 11 is 0. The molecule has 17 heavy (non-hydrogen) atoms. The van der Waals surface area contributed by atoms with E-state index in [1.165, 1.54) is 84.0 Å². The van der Waals surface area contributed by atoms with Crippen molar-refractivity contribution in [3.05, 3.63) is 0 Å². The van der Waals surface area contributed by atoms with Gasteiger partial charge in [0.2, 0.25) is 0 Å². The number of hydrogen-bond acceptors (Lipinski definition) is 2. The molecule has 3 fully saturated rings. The highest BCUT2D eigenvalue weighted by Crippen LogP contribution is 2.46. The highest BCUT2D eigenvalue weighted by atomic mass is 15.2. The van der Waals surface area contributed by atoms with Gasteiger partial charge in [-0.1, -0.05) is 19.3 Å². The number of piperidine rings is 2. The van der Waals surface area contributed by atoms with Gasteiger partial charge in [-0.15, -0.1) is 0 Å². The lowest BCUT2D eigenvalue weighted by atomic mass is 9.77.